The Kier molecular flexibility index (Phi) is 3.53. The van der Waals surface area contributed by atoms with Crippen LogP contribution in [-0.4, -0.2) is 10.7 Å². The van der Waals surface area contributed by atoms with E-state index in [2.05, 4.69) is 19.1 Å². The first-order valence-electron chi connectivity index (χ1n) is 7.02. The predicted molar refractivity (Wildman–Crippen MR) is 84.2 cm³/mol. The largest absolute Gasteiger partial charge is 0.353 e. The molecular formula is C17H19O3P. The number of rotatable bonds is 3. The van der Waals surface area contributed by atoms with Gasteiger partial charge in [-0.25, -0.2) is 0 Å². The average molecular weight is 302 g/mol. The van der Waals surface area contributed by atoms with E-state index in [1.54, 1.807) is 24.3 Å². The third kappa shape index (κ3) is 2.57. The molecule has 1 aliphatic heterocycles. The molecule has 1 N–H and O–H groups in total. The van der Waals surface area contributed by atoms with Crippen molar-refractivity contribution < 1.29 is 14.2 Å². The average Bonchev–Trinajstić information content (AvgIpc) is 3.19. The molecule has 0 bridgehead atoms. The van der Waals surface area contributed by atoms with Crippen LogP contribution >= 0.6 is 7.37 Å². The molecule has 3 unspecified atom stereocenters. The molecule has 0 saturated carbocycles. The fourth-order valence-corrected chi connectivity index (χ4v) is 4.72. The number of hydrogen-bond acceptors (Lipinski definition) is 2. The normalized spacial score (nSPS) is 23.6. The first-order valence-corrected chi connectivity index (χ1v) is 8.75. The van der Waals surface area contributed by atoms with Crippen LogP contribution in [-0.2, 0) is 9.30 Å². The van der Waals surface area contributed by atoms with Gasteiger partial charge in [0.05, 0.1) is 0 Å². The Morgan fingerprint density at radius 2 is 1.62 bits per heavy atom. The Morgan fingerprint density at radius 3 is 2.19 bits per heavy atom. The summed E-state index contributed by atoms with van der Waals surface area (Å²) in [5, 5.41) is 0.458. The van der Waals surface area contributed by atoms with Crippen molar-refractivity contribution in [2.75, 3.05) is 0 Å². The van der Waals surface area contributed by atoms with E-state index in [1.807, 2.05) is 19.9 Å². The summed E-state index contributed by atoms with van der Waals surface area (Å²) < 4.78 is 18.3. The zero-order chi connectivity index (χ0) is 15.2. The Hall–Kier alpha value is -1.41. The number of aryl methyl sites for hydroxylation is 3. The second kappa shape index (κ2) is 5.10. The highest BCUT2D eigenvalue weighted by Crippen LogP contribution is 2.62. The quantitative estimate of drug-likeness (QED) is 0.696. The highest BCUT2D eigenvalue weighted by Gasteiger charge is 2.54. The van der Waals surface area contributed by atoms with E-state index < -0.39 is 13.2 Å². The van der Waals surface area contributed by atoms with Gasteiger partial charge in [0.2, 0.25) is 0 Å². The van der Waals surface area contributed by atoms with E-state index in [0.29, 0.717) is 5.30 Å². The van der Waals surface area contributed by atoms with Gasteiger partial charge in [0.1, 0.15) is 6.10 Å². The second-order valence-electron chi connectivity index (χ2n) is 5.72. The lowest BCUT2D eigenvalue weighted by Crippen LogP contribution is -2.08. The summed E-state index contributed by atoms with van der Waals surface area (Å²) in [7, 11) is -3.50. The minimum absolute atomic E-state index is 0.276. The van der Waals surface area contributed by atoms with Crippen molar-refractivity contribution in [2.24, 2.45) is 0 Å². The van der Waals surface area contributed by atoms with Crippen molar-refractivity contribution in [1.29, 1.82) is 0 Å². The van der Waals surface area contributed by atoms with Gasteiger partial charge in [-0.05, 0) is 49.6 Å². The number of benzene rings is 2. The fraction of sp³-hybridized carbons (Fsp3) is 0.294. The molecule has 1 fully saturated rings. The summed E-state index contributed by atoms with van der Waals surface area (Å²) in [6, 6.07) is 12.9. The minimum atomic E-state index is -3.50. The summed E-state index contributed by atoms with van der Waals surface area (Å²) in [6.07, 6.45) is -0.276. The molecule has 110 valence electrons. The SMILES string of the molecule is Cc1cc(C)c(C2OC2P(=O)(O)c2ccccc2)c(C)c1. The Bertz CT molecular complexity index is 701. The maximum Gasteiger partial charge on any atom is 0.260 e. The van der Waals surface area contributed by atoms with E-state index in [0.717, 1.165) is 16.7 Å². The highest BCUT2D eigenvalue weighted by atomic mass is 31.2. The smallest absolute Gasteiger partial charge is 0.260 e. The minimum Gasteiger partial charge on any atom is -0.353 e. The lowest BCUT2D eigenvalue weighted by Gasteiger charge is -2.11. The van der Waals surface area contributed by atoms with Crippen LogP contribution in [0.4, 0.5) is 0 Å². The van der Waals surface area contributed by atoms with Crippen molar-refractivity contribution >= 4 is 12.7 Å². The Morgan fingerprint density at radius 1 is 1.05 bits per heavy atom. The van der Waals surface area contributed by atoms with Gasteiger partial charge in [0.25, 0.3) is 7.37 Å². The van der Waals surface area contributed by atoms with E-state index in [9.17, 15) is 9.46 Å². The van der Waals surface area contributed by atoms with Crippen LogP contribution in [0.25, 0.3) is 0 Å². The molecule has 3 nitrogen and oxygen atoms in total. The van der Waals surface area contributed by atoms with Crippen LogP contribution in [0.1, 0.15) is 28.4 Å². The third-order valence-corrected chi connectivity index (χ3v) is 6.08. The Labute approximate surface area is 125 Å². The van der Waals surface area contributed by atoms with E-state index in [4.69, 9.17) is 4.74 Å². The summed E-state index contributed by atoms with van der Waals surface area (Å²) in [6.45, 7) is 6.10. The van der Waals surface area contributed by atoms with Gasteiger partial charge in [0, 0.05) is 5.30 Å². The first-order chi connectivity index (χ1) is 9.91. The van der Waals surface area contributed by atoms with Crippen molar-refractivity contribution in [2.45, 2.75) is 32.7 Å². The number of epoxide rings is 1. The molecule has 0 aromatic heterocycles. The maximum atomic E-state index is 12.7. The highest BCUT2D eigenvalue weighted by molar-refractivity contribution is 7.66. The third-order valence-electron chi connectivity index (χ3n) is 3.96. The van der Waals surface area contributed by atoms with Gasteiger partial charge < -0.3 is 9.63 Å². The Balaban J connectivity index is 1.92. The topological polar surface area (TPSA) is 49.8 Å². The summed E-state index contributed by atoms with van der Waals surface area (Å²) in [5.74, 6) is -0.625. The van der Waals surface area contributed by atoms with Crippen molar-refractivity contribution in [3.63, 3.8) is 0 Å². The number of hydrogen-bond donors (Lipinski definition) is 1. The molecule has 4 heteroatoms. The van der Waals surface area contributed by atoms with Crippen molar-refractivity contribution in [1.82, 2.24) is 0 Å². The number of ether oxygens (including phenoxy) is 1. The van der Waals surface area contributed by atoms with Crippen LogP contribution in [0.15, 0.2) is 42.5 Å². The van der Waals surface area contributed by atoms with Crippen LogP contribution < -0.4 is 5.30 Å². The van der Waals surface area contributed by atoms with Gasteiger partial charge in [-0.3, -0.25) is 4.57 Å². The fourth-order valence-electron chi connectivity index (χ4n) is 3.01. The van der Waals surface area contributed by atoms with E-state index >= 15 is 0 Å². The zero-order valence-electron chi connectivity index (χ0n) is 12.4. The molecule has 2 aromatic rings. The van der Waals surface area contributed by atoms with Gasteiger partial charge in [0.15, 0.2) is 5.85 Å². The van der Waals surface area contributed by atoms with Crippen LogP contribution in [0.5, 0.6) is 0 Å². The van der Waals surface area contributed by atoms with Crippen molar-refractivity contribution in [3.8, 4) is 0 Å². The molecule has 3 atom stereocenters. The summed E-state index contributed by atoms with van der Waals surface area (Å²) in [5.41, 5.74) is 4.48. The van der Waals surface area contributed by atoms with Gasteiger partial charge in [-0.2, -0.15) is 0 Å². The molecule has 0 aliphatic carbocycles. The molecular weight excluding hydrogens is 283 g/mol. The molecule has 21 heavy (non-hydrogen) atoms. The van der Waals surface area contributed by atoms with Gasteiger partial charge >= 0.3 is 0 Å². The first kappa shape index (κ1) is 14.5. The second-order valence-corrected chi connectivity index (χ2v) is 7.99. The standard InChI is InChI=1S/C17H19O3P/c1-11-9-12(2)15(13(3)10-11)16-17(20-16)21(18,19)14-7-5-4-6-8-14/h4-10,16-17H,1-3H3,(H,18,19). The lowest BCUT2D eigenvalue weighted by molar-refractivity contribution is 0.385. The molecule has 0 radical (unpaired) electrons. The van der Waals surface area contributed by atoms with Crippen molar-refractivity contribution in [3.05, 3.63) is 64.7 Å². The van der Waals surface area contributed by atoms with Gasteiger partial charge in [-0.1, -0.05) is 35.9 Å². The van der Waals surface area contributed by atoms with Crippen LogP contribution in [0.2, 0.25) is 0 Å². The molecule has 1 heterocycles. The molecule has 0 amide bonds. The maximum absolute atomic E-state index is 12.7. The van der Waals surface area contributed by atoms with E-state index in [-0.39, 0.29) is 6.10 Å². The molecule has 2 aromatic carbocycles. The van der Waals surface area contributed by atoms with E-state index in [1.165, 1.54) is 5.56 Å². The summed E-state index contributed by atoms with van der Waals surface area (Å²) in [4.78, 5) is 10.4. The summed E-state index contributed by atoms with van der Waals surface area (Å²) >= 11 is 0. The molecule has 0 spiro atoms. The predicted octanol–water partition coefficient (Wildman–Crippen LogP) is 3.61. The van der Waals surface area contributed by atoms with Crippen LogP contribution in [0, 0.1) is 20.8 Å². The molecule has 3 rings (SSSR count). The molecule has 1 saturated heterocycles. The lowest BCUT2D eigenvalue weighted by atomic mass is 9.98. The zero-order valence-corrected chi connectivity index (χ0v) is 13.3. The monoisotopic (exact) mass is 302 g/mol. The van der Waals surface area contributed by atoms with Gasteiger partial charge in [-0.15, -0.1) is 0 Å². The molecule has 1 aliphatic rings. The van der Waals surface area contributed by atoms with Crippen LogP contribution in [0.3, 0.4) is 0 Å².